The molecular formula is C20H23N3OS. The van der Waals surface area contributed by atoms with Gasteiger partial charge in [-0.1, -0.05) is 43.3 Å². The van der Waals surface area contributed by atoms with E-state index in [1.54, 1.807) is 11.3 Å². The van der Waals surface area contributed by atoms with Crippen molar-refractivity contribution in [2.75, 3.05) is 18.4 Å². The molecule has 1 atom stereocenters. The average Bonchev–Trinajstić information content (AvgIpc) is 3.00. The summed E-state index contributed by atoms with van der Waals surface area (Å²) < 4.78 is 0. The Balaban J connectivity index is 1.61. The van der Waals surface area contributed by atoms with E-state index in [1.165, 1.54) is 10.4 Å². The zero-order valence-electron chi connectivity index (χ0n) is 14.6. The highest BCUT2D eigenvalue weighted by atomic mass is 32.1. The number of carbonyl (C=O) groups excluding carboxylic acids is 1. The van der Waals surface area contributed by atoms with Crippen LogP contribution in [0.25, 0.3) is 6.08 Å². The molecular weight excluding hydrogens is 330 g/mol. The number of likely N-dealkylation sites (N-methyl/N-ethyl adjacent to an activating group) is 1. The number of hydrogen-bond acceptors (Lipinski definition) is 4. The van der Waals surface area contributed by atoms with Gasteiger partial charge in [-0.05, 0) is 36.6 Å². The number of nitrogens with zero attached hydrogens (tertiary/aromatic N) is 1. The first-order chi connectivity index (χ1) is 12.2. The lowest BCUT2D eigenvalue weighted by atomic mass is 10.00. The van der Waals surface area contributed by atoms with Gasteiger partial charge in [-0.25, -0.2) is 0 Å². The van der Waals surface area contributed by atoms with Crippen LogP contribution in [-0.2, 0) is 13.0 Å². The summed E-state index contributed by atoms with van der Waals surface area (Å²) in [4.78, 5) is 16.5. The molecule has 0 fully saturated rings. The number of hydrogen-bond donors (Lipinski definition) is 2. The highest BCUT2D eigenvalue weighted by Crippen LogP contribution is 2.39. The fourth-order valence-corrected chi connectivity index (χ4v) is 4.88. The fraction of sp³-hybridized carbons (Fsp3) is 0.350. The number of benzene rings is 1. The van der Waals surface area contributed by atoms with Crippen molar-refractivity contribution < 1.29 is 4.79 Å². The minimum Gasteiger partial charge on any atom is -0.353 e. The molecule has 4 rings (SSSR count). The number of thiophene rings is 1. The van der Waals surface area contributed by atoms with Crippen molar-refractivity contribution in [1.29, 1.82) is 0 Å². The molecule has 2 aliphatic heterocycles. The maximum absolute atomic E-state index is 12.8. The van der Waals surface area contributed by atoms with Crippen LogP contribution in [0.3, 0.4) is 0 Å². The van der Waals surface area contributed by atoms with Crippen molar-refractivity contribution in [3.05, 3.63) is 57.5 Å². The summed E-state index contributed by atoms with van der Waals surface area (Å²) in [6.45, 7) is 7.31. The maximum atomic E-state index is 12.8. The lowest BCUT2D eigenvalue weighted by Crippen LogP contribution is -2.45. The summed E-state index contributed by atoms with van der Waals surface area (Å²) in [5.74, 6) is 0.0574. The molecule has 1 aromatic carbocycles. The van der Waals surface area contributed by atoms with Crippen LogP contribution in [0.2, 0.25) is 0 Å². The van der Waals surface area contributed by atoms with Crippen molar-refractivity contribution in [1.82, 2.24) is 10.2 Å². The summed E-state index contributed by atoms with van der Waals surface area (Å²) in [6, 6.07) is 10.2. The molecule has 3 heterocycles. The van der Waals surface area contributed by atoms with Crippen molar-refractivity contribution in [2.45, 2.75) is 33.0 Å². The molecule has 2 aliphatic rings. The molecule has 0 bridgehead atoms. The van der Waals surface area contributed by atoms with Gasteiger partial charge in [0.1, 0.15) is 11.2 Å². The zero-order chi connectivity index (χ0) is 17.4. The maximum Gasteiger partial charge on any atom is 0.256 e. The molecule has 0 radical (unpaired) electrons. The summed E-state index contributed by atoms with van der Waals surface area (Å²) in [5, 5.41) is 7.69. The van der Waals surface area contributed by atoms with E-state index >= 15 is 0 Å². The van der Waals surface area contributed by atoms with Gasteiger partial charge in [-0.2, -0.15) is 0 Å². The second kappa shape index (κ2) is 6.65. The molecule has 0 spiro atoms. The Morgan fingerprint density at radius 3 is 2.88 bits per heavy atom. The fourth-order valence-electron chi connectivity index (χ4n) is 3.56. The lowest BCUT2D eigenvalue weighted by molar-refractivity contribution is 0.0940. The normalized spacial score (nSPS) is 20.5. The van der Waals surface area contributed by atoms with Crippen molar-refractivity contribution >= 4 is 28.3 Å². The van der Waals surface area contributed by atoms with Gasteiger partial charge in [0.2, 0.25) is 0 Å². The molecule has 130 valence electrons. The first kappa shape index (κ1) is 16.4. The lowest BCUT2D eigenvalue weighted by Gasteiger charge is -2.28. The Morgan fingerprint density at radius 1 is 1.32 bits per heavy atom. The van der Waals surface area contributed by atoms with E-state index in [-0.39, 0.29) is 12.1 Å². The number of carbonyl (C=O) groups is 1. The van der Waals surface area contributed by atoms with Crippen molar-refractivity contribution in [2.24, 2.45) is 0 Å². The second-order valence-electron chi connectivity index (χ2n) is 6.68. The first-order valence-electron chi connectivity index (χ1n) is 8.83. The molecule has 25 heavy (non-hydrogen) atoms. The monoisotopic (exact) mass is 353 g/mol. The van der Waals surface area contributed by atoms with Crippen LogP contribution < -0.4 is 10.6 Å². The van der Waals surface area contributed by atoms with Crippen molar-refractivity contribution in [3.63, 3.8) is 0 Å². The summed E-state index contributed by atoms with van der Waals surface area (Å²) in [6.07, 6.45) is 2.94. The third kappa shape index (κ3) is 3.10. The van der Waals surface area contributed by atoms with E-state index in [4.69, 9.17) is 0 Å². The third-order valence-corrected chi connectivity index (χ3v) is 6.16. The average molecular weight is 353 g/mol. The molecule has 0 aliphatic carbocycles. The highest BCUT2D eigenvalue weighted by Gasteiger charge is 2.32. The van der Waals surface area contributed by atoms with Gasteiger partial charge in [0, 0.05) is 18.0 Å². The number of anilines is 1. The van der Waals surface area contributed by atoms with Crippen LogP contribution in [0.4, 0.5) is 5.00 Å². The van der Waals surface area contributed by atoms with E-state index in [0.29, 0.717) is 0 Å². The number of fused-ring (bicyclic) bond motifs is 3. The predicted molar refractivity (Wildman–Crippen MR) is 104 cm³/mol. The highest BCUT2D eigenvalue weighted by molar-refractivity contribution is 7.16. The second-order valence-corrected chi connectivity index (χ2v) is 7.78. The standard InChI is InChI=1S/C20H23N3OS/c1-3-23-10-9-15-16(12-23)25-20-17(15)19(24)21-18(22-20)13(2)11-14-7-5-4-6-8-14/h4-8,11,18,22H,3,9-10,12H2,1-2H3,(H,21,24)/b13-11+. The van der Waals surface area contributed by atoms with Crippen LogP contribution in [0.15, 0.2) is 35.9 Å². The van der Waals surface area contributed by atoms with Crippen LogP contribution in [0, 0.1) is 0 Å². The Morgan fingerprint density at radius 2 is 2.12 bits per heavy atom. The zero-order valence-corrected chi connectivity index (χ0v) is 15.5. The van der Waals surface area contributed by atoms with Crippen LogP contribution in [0.1, 0.15) is 40.2 Å². The van der Waals surface area contributed by atoms with Crippen molar-refractivity contribution in [3.8, 4) is 0 Å². The number of rotatable bonds is 3. The summed E-state index contributed by atoms with van der Waals surface area (Å²) in [7, 11) is 0. The predicted octanol–water partition coefficient (Wildman–Crippen LogP) is 3.71. The topological polar surface area (TPSA) is 44.4 Å². The molecule has 1 amide bonds. The Bertz CT molecular complexity index is 825. The van der Waals surface area contributed by atoms with Gasteiger partial charge in [0.05, 0.1) is 5.56 Å². The largest absolute Gasteiger partial charge is 0.353 e. The molecule has 2 N–H and O–H groups in total. The summed E-state index contributed by atoms with van der Waals surface area (Å²) in [5.41, 5.74) is 4.37. The molecule has 0 saturated heterocycles. The number of amides is 1. The van der Waals surface area contributed by atoms with Gasteiger partial charge in [-0.15, -0.1) is 11.3 Å². The van der Waals surface area contributed by atoms with Gasteiger partial charge >= 0.3 is 0 Å². The van der Waals surface area contributed by atoms with Crippen LogP contribution in [-0.4, -0.2) is 30.1 Å². The van der Waals surface area contributed by atoms with Crippen LogP contribution >= 0.6 is 11.3 Å². The molecule has 5 heteroatoms. The molecule has 1 aromatic heterocycles. The molecule has 0 saturated carbocycles. The first-order valence-corrected chi connectivity index (χ1v) is 9.65. The smallest absolute Gasteiger partial charge is 0.256 e. The van der Waals surface area contributed by atoms with Gasteiger partial charge in [0.25, 0.3) is 5.91 Å². The minimum absolute atomic E-state index is 0.0574. The van der Waals surface area contributed by atoms with E-state index in [2.05, 4.69) is 47.6 Å². The van der Waals surface area contributed by atoms with Crippen LogP contribution in [0.5, 0.6) is 0 Å². The number of nitrogens with one attached hydrogen (secondary N) is 2. The van der Waals surface area contributed by atoms with E-state index in [0.717, 1.165) is 47.8 Å². The summed E-state index contributed by atoms with van der Waals surface area (Å²) >= 11 is 1.75. The van der Waals surface area contributed by atoms with Gasteiger partial charge in [0.15, 0.2) is 0 Å². The Kier molecular flexibility index (Phi) is 4.36. The van der Waals surface area contributed by atoms with Gasteiger partial charge < -0.3 is 10.6 Å². The molecule has 1 unspecified atom stereocenters. The van der Waals surface area contributed by atoms with E-state index in [1.807, 2.05) is 18.2 Å². The Labute approximate surface area is 152 Å². The molecule has 2 aromatic rings. The Hall–Kier alpha value is -2.11. The van der Waals surface area contributed by atoms with E-state index < -0.39 is 0 Å². The third-order valence-electron chi connectivity index (χ3n) is 5.01. The van der Waals surface area contributed by atoms with Gasteiger partial charge in [-0.3, -0.25) is 9.69 Å². The SMILES string of the molecule is CCN1CCc2c(sc3c2C(=O)NC(/C(C)=C/c2ccccc2)N3)C1. The minimum atomic E-state index is -0.150. The quantitative estimate of drug-likeness (QED) is 0.884. The van der Waals surface area contributed by atoms with E-state index in [9.17, 15) is 4.79 Å². The molecule has 4 nitrogen and oxygen atoms in total.